The van der Waals surface area contributed by atoms with E-state index in [1.807, 2.05) is 0 Å². The Morgan fingerprint density at radius 2 is 1.86 bits per heavy atom. The number of hydrogen-bond donors (Lipinski definition) is 1. The first kappa shape index (κ1) is 19.4. The van der Waals surface area contributed by atoms with Crippen molar-refractivity contribution in [2.45, 2.75) is 18.6 Å². The molecule has 4 rings (SSSR count). The lowest BCUT2D eigenvalue weighted by molar-refractivity contribution is -0.169. The predicted octanol–water partition coefficient (Wildman–Crippen LogP) is 2.46. The zero-order chi connectivity index (χ0) is 20.3. The van der Waals surface area contributed by atoms with Gasteiger partial charge in [0.15, 0.2) is 5.79 Å². The van der Waals surface area contributed by atoms with E-state index in [9.17, 15) is 9.59 Å². The minimum Gasteiger partial charge on any atom is -0.465 e. The van der Waals surface area contributed by atoms with Gasteiger partial charge in [0.2, 0.25) is 0 Å². The van der Waals surface area contributed by atoms with E-state index in [1.54, 1.807) is 42.6 Å². The number of ether oxygens (including phenoxy) is 3. The van der Waals surface area contributed by atoms with Crippen molar-refractivity contribution in [3.05, 3.63) is 53.7 Å². The van der Waals surface area contributed by atoms with Crippen LogP contribution < -0.4 is 10.2 Å². The fraction of sp³-hybridized carbons (Fsp3) is 0.381. The van der Waals surface area contributed by atoms with Crippen molar-refractivity contribution in [1.82, 2.24) is 4.98 Å². The molecule has 0 atom stereocenters. The van der Waals surface area contributed by atoms with Gasteiger partial charge in [-0.15, -0.1) is 0 Å². The molecule has 0 bridgehead atoms. The minimum absolute atomic E-state index is 0.301. The van der Waals surface area contributed by atoms with E-state index in [4.69, 9.17) is 14.2 Å². The Bertz CT molecular complexity index is 901. The number of methoxy groups -OCH3 is 1. The molecule has 1 aromatic carbocycles. The first-order chi connectivity index (χ1) is 14.1. The molecule has 152 valence electrons. The van der Waals surface area contributed by atoms with Gasteiger partial charge in [-0.3, -0.25) is 4.79 Å². The quantitative estimate of drug-likeness (QED) is 0.793. The Morgan fingerprint density at radius 3 is 2.59 bits per heavy atom. The Labute approximate surface area is 168 Å². The number of nitrogens with zero attached hydrogens (tertiary/aromatic N) is 2. The molecule has 1 amide bonds. The van der Waals surface area contributed by atoms with Gasteiger partial charge in [-0.25, -0.2) is 9.78 Å². The maximum Gasteiger partial charge on any atom is 0.339 e. The number of benzene rings is 1. The standard InChI is InChI=1S/C21H23N3O5/c1-27-20(26)16-4-2-3-5-17(16)23-19(25)15-6-9-22-18(14-15)24-10-7-21(8-11-24)28-12-13-29-21/h2-6,9,14H,7-8,10-13H2,1H3,(H,23,25). The Balaban J connectivity index is 1.47. The van der Waals surface area contributed by atoms with Crippen molar-refractivity contribution in [3.63, 3.8) is 0 Å². The molecule has 8 nitrogen and oxygen atoms in total. The summed E-state index contributed by atoms with van der Waals surface area (Å²) in [6.07, 6.45) is 3.14. The van der Waals surface area contributed by atoms with Crippen LogP contribution in [0.25, 0.3) is 0 Å². The van der Waals surface area contributed by atoms with E-state index in [2.05, 4.69) is 15.2 Å². The summed E-state index contributed by atoms with van der Waals surface area (Å²) in [7, 11) is 1.31. The van der Waals surface area contributed by atoms with Crippen LogP contribution >= 0.6 is 0 Å². The van der Waals surface area contributed by atoms with Gasteiger partial charge in [0.1, 0.15) is 5.82 Å². The van der Waals surface area contributed by atoms with Crippen molar-refractivity contribution < 1.29 is 23.8 Å². The number of carbonyl (C=O) groups is 2. The van der Waals surface area contributed by atoms with E-state index < -0.39 is 11.8 Å². The highest BCUT2D eigenvalue weighted by molar-refractivity contribution is 6.08. The average molecular weight is 397 g/mol. The molecule has 2 aromatic rings. The maximum absolute atomic E-state index is 12.8. The SMILES string of the molecule is COC(=O)c1ccccc1NC(=O)c1ccnc(N2CCC3(CC2)OCCO3)c1. The van der Waals surface area contributed by atoms with E-state index in [-0.39, 0.29) is 5.91 Å². The molecule has 0 radical (unpaired) electrons. The lowest BCUT2D eigenvalue weighted by Crippen LogP contribution is -2.45. The highest BCUT2D eigenvalue weighted by Crippen LogP contribution is 2.32. The molecule has 0 aliphatic carbocycles. The number of rotatable bonds is 4. The lowest BCUT2D eigenvalue weighted by Gasteiger charge is -2.38. The molecule has 1 spiro atoms. The Morgan fingerprint density at radius 1 is 1.14 bits per heavy atom. The second kappa shape index (κ2) is 8.18. The van der Waals surface area contributed by atoms with Crippen LogP contribution in [-0.4, -0.2) is 56.1 Å². The second-order valence-electron chi connectivity index (χ2n) is 6.99. The van der Waals surface area contributed by atoms with E-state index in [1.165, 1.54) is 7.11 Å². The highest BCUT2D eigenvalue weighted by Gasteiger charge is 2.40. The first-order valence-electron chi connectivity index (χ1n) is 9.58. The summed E-state index contributed by atoms with van der Waals surface area (Å²) in [5.74, 6) is -0.550. The molecule has 1 aromatic heterocycles. The monoisotopic (exact) mass is 397 g/mol. The molecule has 2 aliphatic heterocycles. The smallest absolute Gasteiger partial charge is 0.339 e. The van der Waals surface area contributed by atoms with Crippen molar-refractivity contribution in [2.24, 2.45) is 0 Å². The number of hydrogen-bond acceptors (Lipinski definition) is 7. The van der Waals surface area contributed by atoms with Crippen LogP contribution in [0.3, 0.4) is 0 Å². The fourth-order valence-electron chi connectivity index (χ4n) is 3.67. The predicted molar refractivity (Wildman–Crippen MR) is 106 cm³/mol. The molecule has 8 heteroatoms. The number of aromatic nitrogens is 1. The zero-order valence-electron chi connectivity index (χ0n) is 16.2. The van der Waals surface area contributed by atoms with Crippen LogP contribution in [0.15, 0.2) is 42.6 Å². The van der Waals surface area contributed by atoms with Gasteiger partial charge < -0.3 is 24.4 Å². The third-order valence-corrected chi connectivity index (χ3v) is 5.25. The third kappa shape index (κ3) is 4.08. The summed E-state index contributed by atoms with van der Waals surface area (Å²) in [5.41, 5.74) is 1.16. The van der Waals surface area contributed by atoms with Crippen LogP contribution in [0.4, 0.5) is 11.5 Å². The van der Waals surface area contributed by atoms with Gasteiger partial charge in [-0.2, -0.15) is 0 Å². The lowest BCUT2D eigenvalue weighted by atomic mass is 10.0. The number of pyridine rings is 1. The number of nitrogens with one attached hydrogen (secondary N) is 1. The third-order valence-electron chi connectivity index (χ3n) is 5.25. The zero-order valence-corrected chi connectivity index (χ0v) is 16.2. The van der Waals surface area contributed by atoms with Crippen molar-refractivity contribution >= 4 is 23.4 Å². The van der Waals surface area contributed by atoms with Crippen molar-refractivity contribution in [3.8, 4) is 0 Å². The number of carbonyl (C=O) groups excluding carboxylic acids is 2. The summed E-state index contributed by atoms with van der Waals surface area (Å²) in [5, 5.41) is 2.79. The Hall–Kier alpha value is -2.97. The van der Waals surface area contributed by atoms with Crippen molar-refractivity contribution in [1.29, 1.82) is 0 Å². The summed E-state index contributed by atoms with van der Waals surface area (Å²) in [6.45, 7) is 2.76. The van der Waals surface area contributed by atoms with Crippen molar-refractivity contribution in [2.75, 3.05) is 43.6 Å². The van der Waals surface area contributed by atoms with Gasteiger partial charge in [0, 0.05) is 37.7 Å². The molecule has 3 heterocycles. The van der Waals surface area contributed by atoms with Crippen LogP contribution in [0.2, 0.25) is 0 Å². The number of para-hydroxylation sites is 1. The number of amides is 1. The average Bonchev–Trinajstić information content (AvgIpc) is 3.22. The molecule has 29 heavy (non-hydrogen) atoms. The van der Waals surface area contributed by atoms with Crippen LogP contribution in [0.5, 0.6) is 0 Å². The summed E-state index contributed by atoms with van der Waals surface area (Å²) in [6, 6.07) is 10.1. The molecular formula is C21H23N3O5. The first-order valence-corrected chi connectivity index (χ1v) is 9.58. The molecule has 1 N–H and O–H groups in total. The number of esters is 1. The van der Waals surface area contributed by atoms with E-state index in [0.29, 0.717) is 30.0 Å². The largest absolute Gasteiger partial charge is 0.465 e. The van der Waals surface area contributed by atoms with E-state index >= 15 is 0 Å². The molecule has 0 unspecified atom stereocenters. The molecular weight excluding hydrogens is 374 g/mol. The van der Waals surface area contributed by atoms with Crippen LogP contribution in [0, 0.1) is 0 Å². The van der Waals surface area contributed by atoms with Gasteiger partial charge in [0.05, 0.1) is 31.6 Å². The number of anilines is 2. The van der Waals surface area contributed by atoms with Gasteiger partial charge in [-0.05, 0) is 24.3 Å². The van der Waals surface area contributed by atoms with E-state index in [0.717, 1.165) is 31.7 Å². The topological polar surface area (TPSA) is 90.0 Å². The molecule has 2 aliphatic rings. The fourth-order valence-corrected chi connectivity index (χ4v) is 3.67. The Kier molecular flexibility index (Phi) is 5.46. The molecule has 2 saturated heterocycles. The highest BCUT2D eigenvalue weighted by atomic mass is 16.7. The maximum atomic E-state index is 12.8. The molecule has 2 fully saturated rings. The minimum atomic E-state index is -0.505. The van der Waals surface area contributed by atoms with Gasteiger partial charge in [-0.1, -0.05) is 12.1 Å². The second-order valence-corrected chi connectivity index (χ2v) is 6.99. The molecule has 0 saturated carbocycles. The van der Waals surface area contributed by atoms with Crippen LogP contribution in [-0.2, 0) is 14.2 Å². The summed E-state index contributed by atoms with van der Waals surface area (Å²) < 4.78 is 16.3. The van der Waals surface area contributed by atoms with Gasteiger partial charge in [0.25, 0.3) is 5.91 Å². The van der Waals surface area contributed by atoms with Crippen LogP contribution in [0.1, 0.15) is 33.6 Å². The van der Waals surface area contributed by atoms with Gasteiger partial charge >= 0.3 is 5.97 Å². The normalized spacial score (nSPS) is 17.9. The summed E-state index contributed by atoms with van der Waals surface area (Å²) >= 11 is 0. The number of piperidine rings is 1. The summed E-state index contributed by atoms with van der Waals surface area (Å²) in [4.78, 5) is 31.2.